The van der Waals surface area contributed by atoms with E-state index in [1.165, 1.54) is 10.9 Å². The van der Waals surface area contributed by atoms with Crippen LogP contribution in [0.3, 0.4) is 0 Å². The number of para-hydroxylation sites is 2. The number of aliphatic hydroxyl groups is 1. The number of fused-ring (bicyclic) bond motifs is 8. The van der Waals surface area contributed by atoms with Crippen LogP contribution in [0.2, 0.25) is 0 Å². The minimum absolute atomic E-state index is 0.0452. The third kappa shape index (κ3) is 4.80. The average molecular weight is 701 g/mol. The van der Waals surface area contributed by atoms with E-state index in [1.807, 2.05) is 60.7 Å². The zero-order valence-electron chi connectivity index (χ0n) is 30.0. The summed E-state index contributed by atoms with van der Waals surface area (Å²) in [4.78, 5) is 23.4. The molecule has 4 aromatic heterocycles. The van der Waals surface area contributed by atoms with Gasteiger partial charge >= 0.3 is 0 Å². The smallest absolute Gasteiger partial charge is 0.195 e. The van der Waals surface area contributed by atoms with E-state index in [1.54, 1.807) is 12.4 Å². The Morgan fingerprint density at radius 3 is 2.06 bits per heavy atom. The molecule has 260 valence electrons. The number of benzene rings is 6. The topological polar surface area (TPSA) is 72.9 Å². The highest BCUT2D eigenvalue weighted by Crippen LogP contribution is 2.39. The van der Waals surface area contributed by atoms with Gasteiger partial charge in [-0.05, 0) is 97.3 Å². The summed E-state index contributed by atoms with van der Waals surface area (Å²) in [6.07, 6.45) is 2.67. The molecule has 6 aromatic carbocycles. The van der Waals surface area contributed by atoms with Crippen molar-refractivity contribution in [3.05, 3.63) is 168 Å². The number of carbonyl (C=O) groups excluding carboxylic acids is 1. The molecule has 1 atom stereocenters. The number of aliphatic hydroxyl groups excluding tert-OH is 1. The van der Waals surface area contributed by atoms with Gasteiger partial charge in [0.2, 0.25) is 0 Å². The first-order chi connectivity index (χ1) is 26.5. The lowest BCUT2D eigenvalue weighted by Gasteiger charge is -2.16. The molecule has 1 unspecified atom stereocenters. The van der Waals surface area contributed by atoms with Crippen molar-refractivity contribution in [1.29, 1.82) is 0 Å². The summed E-state index contributed by atoms with van der Waals surface area (Å²) in [5.74, 6) is -0.0452. The largest absolute Gasteiger partial charge is 0.384 e. The van der Waals surface area contributed by atoms with Gasteiger partial charge in [0.25, 0.3) is 0 Å². The molecule has 10 rings (SSSR count). The van der Waals surface area contributed by atoms with E-state index in [-0.39, 0.29) is 5.78 Å². The molecule has 0 amide bonds. The van der Waals surface area contributed by atoms with E-state index < -0.39 is 6.10 Å². The fourth-order valence-electron chi connectivity index (χ4n) is 8.62. The number of pyridine rings is 2. The molecule has 0 aliphatic rings. The summed E-state index contributed by atoms with van der Waals surface area (Å²) < 4.78 is 4.62. The molecule has 0 fully saturated rings. The van der Waals surface area contributed by atoms with Gasteiger partial charge < -0.3 is 14.2 Å². The summed E-state index contributed by atoms with van der Waals surface area (Å²) in [6.45, 7) is 5.98. The number of ketones is 1. The molecule has 0 bridgehead atoms. The van der Waals surface area contributed by atoms with E-state index in [9.17, 15) is 9.90 Å². The van der Waals surface area contributed by atoms with Gasteiger partial charge in [-0.25, -0.2) is 0 Å². The van der Waals surface area contributed by atoms with E-state index in [4.69, 9.17) is 4.98 Å². The van der Waals surface area contributed by atoms with Crippen LogP contribution >= 0.6 is 0 Å². The van der Waals surface area contributed by atoms with Crippen LogP contribution in [0, 0.1) is 0 Å². The van der Waals surface area contributed by atoms with Crippen LogP contribution < -0.4 is 0 Å². The van der Waals surface area contributed by atoms with Crippen molar-refractivity contribution in [1.82, 2.24) is 19.1 Å². The Labute approximate surface area is 311 Å². The highest BCUT2D eigenvalue weighted by Gasteiger charge is 2.21. The number of aryl methyl sites for hydroxylation is 2. The zero-order chi connectivity index (χ0) is 36.5. The monoisotopic (exact) mass is 700 g/mol. The molecule has 0 aliphatic carbocycles. The standard InChI is InChI=1S/C48H36N4O2/c1-3-51-41-15-6-5-12-34(41)38-27-31(17-22-42(38)51)48(54)37-20-19-33(35-14-9-25-50-46(35)37)30-16-21-43-39(26-30)40-28-32(18-23-44(40)52(43)4-2)47(53)36-13-7-10-29-11-8-24-49-45(29)36/h5-28,48,54H,3-4H2,1-2H3. The van der Waals surface area contributed by atoms with E-state index in [2.05, 4.69) is 101 Å². The maximum Gasteiger partial charge on any atom is 0.195 e. The second-order valence-corrected chi connectivity index (χ2v) is 14.0. The van der Waals surface area contributed by atoms with Gasteiger partial charge in [0.1, 0.15) is 6.10 Å². The summed E-state index contributed by atoms with van der Waals surface area (Å²) in [5, 5.41) is 18.3. The predicted molar refractivity (Wildman–Crippen MR) is 220 cm³/mol. The lowest BCUT2D eigenvalue weighted by Crippen LogP contribution is -2.03. The van der Waals surface area contributed by atoms with Gasteiger partial charge in [0.15, 0.2) is 5.78 Å². The van der Waals surface area contributed by atoms with Crippen molar-refractivity contribution in [3.63, 3.8) is 0 Å². The third-order valence-electron chi connectivity index (χ3n) is 11.2. The van der Waals surface area contributed by atoms with Gasteiger partial charge in [-0.15, -0.1) is 0 Å². The molecular formula is C48H36N4O2. The Hall–Kier alpha value is -6.63. The number of rotatable bonds is 7. The molecule has 6 heteroatoms. The Morgan fingerprint density at radius 1 is 0.593 bits per heavy atom. The van der Waals surface area contributed by atoms with Gasteiger partial charge in [0, 0.05) is 96.6 Å². The molecule has 1 N–H and O–H groups in total. The summed E-state index contributed by atoms with van der Waals surface area (Å²) in [5.41, 5.74) is 10.9. The first kappa shape index (κ1) is 32.1. The maximum atomic E-state index is 14.0. The summed E-state index contributed by atoms with van der Waals surface area (Å²) >= 11 is 0. The van der Waals surface area contributed by atoms with Crippen molar-refractivity contribution in [2.75, 3.05) is 0 Å². The molecule has 54 heavy (non-hydrogen) atoms. The normalized spacial score (nSPS) is 12.5. The van der Waals surface area contributed by atoms with Crippen molar-refractivity contribution in [3.8, 4) is 11.1 Å². The Bertz CT molecular complexity index is 3130. The van der Waals surface area contributed by atoms with Crippen molar-refractivity contribution in [2.24, 2.45) is 0 Å². The second kappa shape index (κ2) is 12.5. The van der Waals surface area contributed by atoms with Crippen LogP contribution in [0.15, 0.2) is 146 Å². The Balaban J connectivity index is 1.08. The van der Waals surface area contributed by atoms with Crippen LogP contribution in [-0.2, 0) is 13.1 Å². The number of nitrogens with zero attached hydrogens (tertiary/aromatic N) is 4. The summed E-state index contributed by atoms with van der Waals surface area (Å²) in [6, 6.07) is 45.1. The fraction of sp³-hybridized carbons (Fsp3) is 0.104. The predicted octanol–water partition coefficient (Wildman–Crippen LogP) is 11.0. The highest BCUT2D eigenvalue weighted by atomic mass is 16.3. The highest BCUT2D eigenvalue weighted by molar-refractivity contribution is 6.19. The number of hydrogen-bond acceptors (Lipinski definition) is 4. The first-order valence-electron chi connectivity index (χ1n) is 18.6. The number of carbonyl (C=O) groups is 1. The van der Waals surface area contributed by atoms with Crippen LogP contribution in [-0.4, -0.2) is 30.0 Å². The number of hydrogen-bond donors (Lipinski definition) is 1. The number of aromatic nitrogens is 4. The Kier molecular flexibility index (Phi) is 7.42. The fourth-order valence-corrected chi connectivity index (χ4v) is 8.62. The van der Waals surface area contributed by atoms with Gasteiger partial charge in [-0.3, -0.25) is 14.8 Å². The van der Waals surface area contributed by atoms with E-state index in [0.29, 0.717) is 16.6 Å². The SMILES string of the molecule is CCn1c2ccc(C(=O)c3cccc4cccnc34)cc2c2cc(-c3ccc(C(O)c4ccc5c(c4)c4ccccc4n5CC)c4ncccc34)ccc21. The Morgan fingerprint density at radius 2 is 1.24 bits per heavy atom. The van der Waals surface area contributed by atoms with Crippen LogP contribution in [0.5, 0.6) is 0 Å². The minimum Gasteiger partial charge on any atom is -0.384 e. The average Bonchev–Trinajstić information content (AvgIpc) is 3.73. The molecule has 4 heterocycles. The van der Waals surface area contributed by atoms with Crippen molar-refractivity contribution < 1.29 is 9.90 Å². The van der Waals surface area contributed by atoms with Crippen LogP contribution in [0.4, 0.5) is 0 Å². The first-order valence-corrected chi connectivity index (χ1v) is 18.6. The lowest BCUT2D eigenvalue weighted by atomic mass is 9.92. The van der Waals surface area contributed by atoms with Crippen molar-refractivity contribution >= 4 is 71.2 Å². The molecular weight excluding hydrogens is 665 g/mol. The van der Waals surface area contributed by atoms with E-state index in [0.717, 1.165) is 84.3 Å². The zero-order valence-corrected chi connectivity index (χ0v) is 30.0. The summed E-state index contributed by atoms with van der Waals surface area (Å²) in [7, 11) is 0. The molecule has 0 saturated carbocycles. The maximum absolute atomic E-state index is 14.0. The van der Waals surface area contributed by atoms with E-state index >= 15 is 0 Å². The molecule has 6 nitrogen and oxygen atoms in total. The molecule has 0 spiro atoms. The third-order valence-corrected chi connectivity index (χ3v) is 11.2. The molecule has 0 aliphatic heterocycles. The van der Waals surface area contributed by atoms with Crippen LogP contribution in [0.25, 0.3) is 76.5 Å². The second-order valence-electron chi connectivity index (χ2n) is 14.0. The van der Waals surface area contributed by atoms with Crippen LogP contribution in [0.1, 0.15) is 47.0 Å². The van der Waals surface area contributed by atoms with Crippen molar-refractivity contribution in [2.45, 2.75) is 33.0 Å². The molecule has 0 saturated heterocycles. The molecule has 0 radical (unpaired) electrons. The lowest BCUT2D eigenvalue weighted by molar-refractivity contribution is 0.104. The minimum atomic E-state index is -0.859. The van der Waals surface area contributed by atoms with Gasteiger partial charge in [-0.2, -0.15) is 0 Å². The van der Waals surface area contributed by atoms with Gasteiger partial charge in [-0.1, -0.05) is 66.7 Å². The quantitative estimate of drug-likeness (QED) is 0.168. The molecule has 10 aromatic rings. The van der Waals surface area contributed by atoms with Gasteiger partial charge in [0.05, 0.1) is 11.0 Å².